The molecule has 1 N–H and O–H groups in total. The minimum atomic E-state index is -0.207. The van der Waals surface area contributed by atoms with Gasteiger partial charge >= 0.3 is 0 Å². The Morgan fingerprint density at radius 1 is 1.29 bits per heavy atom. The normalized spacial score (nSPS) is 10.4. The quantitative estimate of drug-likeness (QED) is 0.844. The van der Waals surface area contributed by atoms with Crippen molar-refractivity contribution in [1.82, 2.24) is 9.88 Å². The van der Waals surface area contributed by atoms with Crippen molar-refractivity contribution in [2.24, 2.45) is 7.05 Å². The number of nitrogens with one attached hydrogen (secondary N) is 1. The van der Waals surface area contributed by atoms with Crippen LogP contribution < -0.4 is 10.9 Å². The van der Waals surface area contributed by atoms with Gasteiger partial charge in [0.15, 0.2) is 0 Å². The summed E-state index contributed by atoms with van der Waals surface area (Å²) in [5.41, 5.74) is 1.45. The molecule has 21 heavy (non-hydrogen) atoms. The lowest BCUT2D eigenvalue weighted by molar-refractivity contribution is 0.0953. The van der Waals surface area contributed by atoms with Crippen LogP contribution in [-0.4, -0.2) is 17.0 Å². The highest BCUT2D eigenvalue weighted by Gasteiger charge is 2.05. The Balaban J connectivity index is 1.81. The van der Waals surface area contributed by atoms with Crippen LogP contribution in [0.1, 0.15) is 22.3 Å². The lowest BCUT2D eigenvalue weighted by Gasteiger charge is -2.06. The van der Waals surface area contributed by atoms with E-state index in [4.69, 9.17) is 0 Å². The van der Waals surface area contributed by atoms with Gasteiger partial charge in [0.1, 0.15) is 0 Å². The van der Waals surface area contributed by atoms with E-state index in [9.17, 15) is 9.59 Å². The van der Waals surface area contributed by atoms with Crippen molar-refractivity contribution in [2.45, 2.75) is 12.8 Å². The van der Waals surface area contributed by atoms with Gasteiger partial charge in [-0.2, -0.15) is 0 Å². The Hall–Kier alpha value is -1.88. The summed E-state index contributed by atoms with van der Waals surface area (Å²) < 4.78 is 2.49. The molecule has 0 atom stereocenters. The predicted molar refractivity (Wildman–Crippen MR) is 86.5 cm³/mol. The van der Waals surface area contributed by atoms with E-state index in [0.717, 1.165) is 17.3 Å². The zero-order valence-corrected chi connectivity index (χ0v) is 13.4. The molecule has 1 heterocycles. The summed E-state index contributed by atoms with van der Waals surface area (Å²) in [4.78, 5) is 23.4. The molecule has 4 nitrogen and oxygen atoms in total. The SMILES string of the molecule is Cn1ccc(C(=O)NCCCc2cccc(Br)c2)cc1=O. The molecule has 0 aliphatic carbocycles. The molecule has 0 saturated carbocycles. The number of carbonyl (C=O) groups excluding carboxylic acids is 1. The van der Waals surface area contributed by atoms with Gasteiger partial charge in [-0.05, 0) is 36.6 Å². The number of aromatic nitrogens is 1. The molecule has 0 unspecified atom stereocenters. The van der Waals surface area contributed by atoms with Crippen molar-refractivity contribution in [1.29, 1.82) is 0 Å². The lowest BCUT2D eigenvalue weighted by Crippen LogP contribution is -2.27. The zero-order chi connectivity index (χ0) is 15.2. The second-order valence-corrected chi connectivity index (χ2v) is 5.77. The molecule has 110 valence electrons. The van der Waals surface area contributed by atoms with Gasteiger partial charge in [0, 0.05) is 35.9 Å². The summed E-state index contributed by atoms with van der Waals surface area (Å²) in [6.45, 7) is 0.584. The van der Waals surface area contributed by atoms with Crippen LogP contribution in [0.5, 0.6) is 0 Å². The Bertz CT molecular complexity index is 695. The third kappa shape index (κ3) is 4.56. The lowest BCUT2D eigenvalue weighted by atomic mass is 10.1. The number of hydrogen-bond acceptors (Lipinski definition) is 2. The number of carbonyl (C=O) groups is 1. The van der Waals surface area contributed by atoms with E-state index in [1.165, 1.54) is 16.2 Å². The van der Waals surface area contributed by atoms with E-state index in [0.29, 0.717) is 12.1 Å². The first-order valence-electron chi connectivity index (χ1n) is 6.75. The van der Waals surface area contributed by atoms with E-state index in [-0.39, 0.29) is 11.5 Å². The van der Waals surface area contributed by atoms with Gasteiger partial charge in [-0.25, -0.2) is 0 Å². The summed E-state index contributed by atoms with van der Waals surface area (Å²) >= 11 is 3.44. The molecule has 0 fully saturated rings. The first-order valence-corrected chi connectivity index (χ1v) is 7.55. The minimum Gasteiger partial charge on any atom is -0.352 e. The summed E-state index contributed by atoms with van der Waals surface area (Å²) in [6.07, 6.45) is 3.35. The predicted octanol–water partition coefficient (Wildman–Crippen LogP) is 2.51. The van der Waals surface area contributed by atoms with Gasteiger partial charge in [-0.15, -0.1) is 0 Å². The highest BCUT2D eigenvalue weighted by atomic mass is 79.9. The van der Waals surface area contributed by atoms with Crippen LogP contribution in [0.2, 0.25) is 0 Å². The van der Waals surface area contributed by atoms with Crippen LogP contribution in [0, 0.1) is 0 Å². The van der Waals surface area contributed by atoms with Gasteiger partial charge in [0.05, 0.1) is 0 Å². The van der Waals surface area contributed by atoms with Gasteiger partial charge in [0.2, 0.25) is 0 Å². The molecule has 0 spiro atoms. The summed E-state index contributed by atoms with van der Waals surface area (Å²) in [7, 11) is 1.65. The van der Waals surface area contributed by atoms with Crippen LogP contribution in [0.4, 0.5) is 0 Å². The van der Waals surface area contributed by atoms with Crippen molar-refractivity contribution in [3.63, 3.8) is 0 Å². The van der Waals surface area contributed by atoms with Gasteiger partial charge < -0.3 is 9.88 Å². The summed E-state index contributed by atoms with van der Waals surface area (Å²) in [5, 5.41) is 2.83. The summed E-state index contributed by atoms with van der Waals surface area (Å²) in [5.74, 6) is -0.207. The first-order chi connectivity index (χ1) is 10.1. The maximum atomic E-state index is 11.9. The molecular weight excluding hydrogens is 332 g/mol. The average molecular weight is 349 g/mol. The van der Waals surface area contributed by atoms with Crippen LogP contribution in [0.3, 0.4) is 0 Å². The van der Waals surface area contributed by atoms with Crippen molar-refractivity contribution in [3.05, 3.63) is 68.5 Å². The fourth-order valence-corrected chi connectivity index (χ4v) is 2.43. The van der Waals surface area contributed by atoms with Crippen LogP contribution in [0.15, 0.2) is 51.9 Å². The molecule has 5 heteroatoms. The van der Waals surface area contributed by atoms with Crippen LogP contribution in [0.25, 0.3) is 0 Å². The Morgan fingerprint density at radius 3 is 2.81 bits per heavy atom. The topological polar surface area (TPSA) is 51.1 Å². The van der Waals surface area contributed by atoms with Crippen molar-refractivity contribution >= 4 is 21.8 Å². The average Bonchev–Trinajstić information content (AvgIpc) is 2.46. The maximum absolute atomic E-state index is 11.9. The van der Waals surface area contributed by atoms with E-state index in [2.05, 4.69) is 33.4 Å². The minimum absolute atomic E-state index is 0.184. The second kappa shape index (κ2) is 7.22. The third-order valence-electron chi connectivity index (χ3n) is 3.18. The number of benzene rings is 1. The molecule has 2 aromatic rings. The van der Waals surface area contributed by atoms with Gasteiger partial charge in [-0.1, -0.05) is 28.1 Å². The number of hydrogen-bond donors (Lipinski definition) is 1. The molecule has 0 aliphatic heterocycles. The first kappa shape index (κ1) is 15.5. The fourth-order valence-electron chi connectivity index (χ4n) is 1.98. The largest absolute Gasteiger partial charge is 0.352 e. The molecule has 0 aliphatic rings. The number of aryl methyl sites for hydroxylation is 2. The fraction of sp³-hybridized carbons (Fsp3) is 0.250. The van der Waals surface area contributed by atoms with Crippen LogP contribution in [-0.2, 0) is 13.5 Å². The number of rotatable bonds is 5. The highest BCUT2D eigenvalue weighted by Crippen LogP contribution is 2.12. The smallest absolute Gasteiger partial charge is 0.251 e. The van der Waals surface area contributed by atoms with Gasteiger partial charge in [-0.3, -0.25) is 9.59 Å². The number of amides is 1. The standard InChI is InChI=1S/C16H17BrN2O2/c1-19-9-7-13(11-15(19)20)16(21)18-8-3-5-12-4-2-6-14(17)10-12/h2,4,6-7,9-11H,3,5,8H2,1H3,(H,18,21). The molecule has 0 saturated heterocycles. The number of pyridine rings is 1. The summed E-state index contributed by atoms with van der Waals surface area (Å²) in [6, 6.07) is 11.1. The van der Waals surface area contributed by atoms with Gasteiger partial charge in [0.25, 0.3) is 11.5 Å². The maximum Gasteiger partial charge on any atom is 0.251 e. The monoisotopic (exact) mass is 348 g/mol. The zero-order valence-electron chi connectivity index (χ0n) is 11.8. The molecule has 1 amide bonds. The molecule has 2 rings (SSSR count). The van der Waals surface area contributed by atoms with Crippen molar-refractivity contribution in [2.75, 3.05) is 6.54 Å². The van der Waals surface area contributed by atoms with Crippen molar-refractivity contribution in [3.8, 4) is 0 Å². The number of halogens is 1. The Morgan fingerprint density at radius 2 is 2.10 bits per heavy atom. The highest BCUT2D eigenvalue weighted by molar-refractivity contribution is 9.10. The molecule has 1 aromatic carbocycles. The molecule has 0 radical (unpaired) electrons. The Kier molecular flexibility index (Phi) is 5.33. The van der Waals surface area contributed by atoms with Crippen molar-refractivity contribution < 1.29 is 4.79 Å². The molecule has 1 aromatic heterocycles. The molecular formula is C16H17BrN2O2. The third-order valence-corrected chi connectivity index (χ3v) is 3.68. The number of nitrogens with zero attached hydrogens (tertiary/aromatic N) is 1. The van der Waals surface area contributed by atoms with E-state index < -0.39 is 0 Å². The second-order valence-electron chi connectivity index (χ2n) is 4.85. The Labute approximate surface area is 131 Å². The van der Waals surface area contributed by atoms with E-state index in [1.54, 1.807) is 19.3 Å². The van der Waals surface area contributed by atoms with E-state index >= 15 is 0 Å². The molecule has 0 bridgehead atoms. The van der Waals surface area contributed by atoms with Crippen LogP contribution >= 0.6 is 15.9 Å². The van der Waals surface area contributed by atoms with E-state index in [1.807, 2.05) is 12.1 Å².